The van der Waals surface area contributed by atoms with Gasteiger partial charge in [-0.25, -0.2) is 0 Å². The van der Waals surface area contributed by atoms with Gasteiger partial charge in [-0.1, -0.05) is 30.4 Å². The Kier molecular flexibility index (Phi) is 7.91. The predicted octanol–water partition coefficient (Wildman–Crippen LogP) is 5.90. The van der Waals surface area contributed by atoms with Crippen molar-refractivity contribution in [1.82, 2.24) is 4.57 Å². The van der Waals surface area contributed by atoms with Gasteiger partial charge in [-0.2, -0.15) is 0 Å². The number of hydrogen-bond donors (Lipinski definition) is 2. The summed E-state index contributed by atoms with van der Waals surface area (Å²) in [5.74, 6) is 1.60. The van der Waals surface area contributed by atoms with E-state index in [9.17, 15) is 9.90 Å². The second-order valence-electron chi connectivity index (χ2n) is 8.39. The van der Waals surface area contributed by atoms with Crippen LogP contribution in [0.15, 0.2) is 67.0 Å². The van der Waals surface area contributed by atoms with Gasteiger partial charge in [0.05, 0.1) is 34.1 Å². The van der Waals surface area contributed by atoms with Gasteiger partial charge in [0.25, 0.3) is 0 Å². The monoisotopic (exact) mass is 514 g/mol. The Bertz CT molecular complexity index is 1510. The topological polar surface area (TPSA) is 91.2 Å². The van der Waals surface area contributed by atoms with E-state index in [1.54, 1.807) is 33.5 Å². The highest BCUT2D eigenvalue weighted by Gasteiger charge is 2.15. The van der Waals surface area contributed by atoms with E-state index in [0.29, 0.717) is 39.8 Å². The molecule has 0 amide bonds. The first-order valence-corrected chi connectivity index (χ1v) is 11.8. The van der Waals surface area contributed by atoms with Crippen LogP contribution in [0, 0.1) is 0 Å². The summed E-state index contributed by atoms with van der Waals surface area (Å²) in [5.41, 5.74) is 3.41. The van der Waals surface area contributed by atoms with Crippen molar-refractivity contribution >= 4 is 34.5 Å². The molecule has 4 rings (SSSR count). The van der Waals surface area contributed by atoms with Gasteiger partial charge in [0.1, 0.15) is 0 Å². The zero-order chi connectivity index (χ0) is 27.2. The molecule has 0 aliphatic heterocycles. The molecule has 196 valence electrons. The molecule has 0 bridgehead atoms. The number of para-hydroxylation sites is 1. The van der Waals surface area contributed by atoms with E-state index in [-0.39, 0.29) is 11.5 Å². The van der Waals surface area contributed by atoms with Crippen molar-refractivity contribution in [2.75, 3.05) is 33.8 Å². The Hall–Kier alpha value is -4.85. The van der Waals surface area contributed by atoms with Crippen molar-refractivity contribution in [2.24, 2.45) is 7.05 Å². The lowest BCUT2D eigenvalue weighted by molar-refractivity contribution is 0.104. The number of hydrogen-bond acceptors (Lipinski definition) is 7. The van der Waals surface area contributed by atoms with Gasteiger partial charge in [0, 0.05) is 47.6 Å². The fourth-order valence-corrected chi connectivity index (χ4v) is 4.26. The Morgan fingerprint density at radius 2 is 1.58 bits per heavy atom. The predicted molar refractivity (Wildman–Crippen MR) is 150 cm³/mol. The maximum atomic E-state index is 13.0. The fourth-order valence-electron chi connectivity index (χ4n) is 4.26. The van der Waals surface area contributed by atoms with Crippen LogP contribution in [0.25, 0.3) is 23.1 Å². The van der Waals surface area contributed by atoms with Crippen molar-refractivity contribution in [2.45, 2.75) is 0 Å². The average molecular weight is 515 g/mol. The van der Waals surface area contributed by atoms with E-state index < -0.39 is 0 Å². The number of ketones is 1. The summed E-state index contributed by atoms with van der Waals surface area (Å²) in [4.78, 5) is 13.0. The summed E-state index contributed by atoms with van der Waals surface area (Å²) in [5, 5.41) is 14.8. The van der Waals surface area contributed by atoms with E-state index in [2.05, 4.69) is 5.32 Å². The van der Waals surface area contributed by atoms with Crippen LogP contribution in [0.5, 0.6) is 28.7 Å². The molecule has 0 aliphatic carbocycles. The van der Waals surface area contributed by atoms with Crippen molar-refractivity contribution in [3.8, 4) is 28.7 Å². The first-order valence-electron chi connectivity index (χ1n) is 11.8. The third-order valence-electron chi connectivity index (χ3n) is 6.16. The summed E-state index contributed by atoms with van der Waals surface area (Å²) in [7, 11) is 8.04. The lowest BCUT2D eigenvalue weighted by Gasteiger charge is -2.13. The maximum Gasteiger partial charge on any atom is 0.203 e. The number of fused-ring (bicyclic) bond motifs is 1. The highest BCUT2D eigenvalue weighted by molar-refractivity contribution is 6.13. The molecule has 1 aromatic heterocycles. The Labute approximate surface area is 221 Å². The van der Waals surface area contributed by atoms with Crippen LogP contribution in [0.2, 0.25) is 0 Å². The molecule has 0 unspecified atom stereocenters. The first kappa shape index (κ1) is 26.2. The molecular weight excluding hydrogens is 484 g/mol. The van der Waals surface area contributed by atoms with Crippen LogP contribution in [0.3, 0.4) is 0 Å². The number of nitrogens with zero attached hydrogens (tertiary/aromatic N) is 1. The molecule has 8 nitrogen and oxygen atoms in total. The summed E-state index contributed by atoms with van der Waals surface area (Å²) in [6.45, 7) is 0. The fraction of sp³-hybridized carbons (Fsp3) is 0.167. The smallest absolute Gasteiger partial charge is 0.203 e. The number of allylic oxidation sites excluding steroid dienone is 1. The third-order valence-corrected chi connectivity index (χ3v) is 6.16. The van der Waals surface area contributed by atoms with Crippen molar-refractivity contribution in [3.05, 3.63) is 83.7 Å². The Morgan fingerprint density at radius 1 is 0.895 bits per heavy atom. The van der Waals surface area contributed by atoms with Gasteiger partial charge in [-0.05, 0) is 35.9 Å². The minimum absolute atomic E-state index is 0.0817. The summed E-state index contributed by atoms with van der Waals surface area (Å²) in [6.07, 6.45) is 8.43. The summed E-state index contributed by atoms with van der Waals surface area (Å²) < 4.78 is 23.5. The van der Waals surface area contributed by atoms with E-state index in [1.165, 1.54) is 19.4 Å². The van der Waals surface area contributed by atoms with E-state index in [4.69, 9.17) is 18.9 Å². The number of ether oxygens (including phenoxy) is 4. The maximum absolute atomic E-state index is 13.0. The highest BCUT2D eigenvalue weighted by Crippen LogP contribution is 2.40. The minimum atomic E-state index is -0.161. The Morgan fingerprint density at radius 3 is 2.24 bits per heavy atom. The SMILES string of the molecule is COc1ccc(/C=C\c2cc(OC)c(OC)c(OC)c2)c(N/C=C\C(=O)c2cn(C)c3ccccc23)c1O. The number of aromatic hydroxyl groups is 1. The van der Waals surface area contributed by atoms with Gasteiger partial charge in [-0.3, -0.25) is 4.79 Å². The van der Waals surface area contributed by atoms with Crippen LogP contribution in [-0.4, -0.2) is 43.9 Å². The van der Waals surface area contributed by atoms with Crippen molar-refractivity contribution < 1.29 is 28.8 Å². The summed E-state index contributed by atoms with van der Waals surface area (Å²) >= 11 is 0. The molecule has 0 fully saturated rings. The molecule has 1 heterocycles. The lowest BCUT2D eigenvalue weighted by atomic mass is 10.1. The van der Waals surface area contributed by atoms with E-state index >= 15 is 0 Å². The number of carbonyl (C=O) groups excluding carboxylic acids is 1. The number of carbonyl (C=O) groups is 1. The number of phenolic OH excluding ortho intramolecular Hbond substituents is 1. The van der Waals surface area contributed by atoms with Crippen molar-refractivity contribution in [1.29, 1.82) is 0 Å². The average Bonchev–Trinajstić information content (AvgIpc) is 3.28. The van der Waals surface area contributed by atoms with E-state index in [0.717, 1.165) is 16.5 Å². The van der Waals surface area contributed by atoms with Crippen LogP contribution >= 0.6 is 0 Å². The molecule has 8 heteroatoms. The van der Waals surface area contributed by atoms with Gasteiger partial charge < -0.3 is 33.9 Å². The Balaban J connectivity index is 1.64. The van der Waals surface area contributed by atoms with Crippen LogP contribution in [0.1, 0.15) is 21.5 Å². The quantitative estimate of drug-likeness (QED) is 0.118. The van der Waals surface area contributed by atoms with Gasteiger partial charge in [0.2, 0.25) is 5.75 Å². The molecule has 0 saturated carbocycles. The number of aromatic nitrogens is 1. The first-order chi connectivity index (χ1) is 18.4. The number of aryl methyl sites for hydroxylation is 1. The number of rotatable bonds is 10. The second kappa shape index (κ2) is 11.5. The van der Waals surface area contributed by atoms with E-state index in [1.807, 2.05) is 66.4 Å². The largest absolute Gasteiger partial charge is 0.503 e. The molecule has 38 heavy (non-hydrogen) atoms. The van der Waals surface area contributed by atoms with Crippen molar-refractivity contribution in [3.63, 3.8) is 0 Å². The molecule has 0 saturated heterocycles. The number of methoxy groups -OCH3 is 4. The van der Waals surface area contributed by atoms with Gasteiger partial charge in [0.15, 0.2) is 28.8 Å². The molecular formula is C30H30N2O6. The number of phenols is 1. The molecule has 0 aliphatic rings. The molecule has 0 radical (unpaired) electrons. The standard InChI is InChI=1S/C30H30N2O6/c1-32-18-22(21-8-6-7-9-23(21)32)24(33)14-15-31-28-20(12-13-25(35-2)29(28)34)11-10-19-16-26(36-3)30(38-5)27(17-19)37-4/h6-18,31,34H,1-5H3/b11-10-,15-14-. The van der Waals surface area contributed by atoms with Gasteiger partial charge >= 0.3 is 0 Å². The summed E-state index contributed by atoms with van der Waals surface area (Å²) in [6, 6.07) is 14.8. The molecule has 0 spiro atoms. The van der Waals surface area contributed by atoms with Gasteiger partial charge in [-0.15, -0.1) is 0 Å². The minimum Gasteiger partial charge on any atom is -0.503 e. The molecule has 4 aromatic rings. The number of benzene rings is 3. The molecule has 3 aromatic carbocycles. The molecule has 2 N–H and O–H groups in total. The zero-order valence-corrected chi connectivity index (χ0v) is 21.9. The second-order valence-corrected chi connectivity index (χ2v) is 8.39. The normalized spacial score (nSPS) is 11.3. The van der Waals surface area contributed by atoms with Crippen LogP contribution in [0.4, 0.5) is 5.69 Å². The number of anilines is 1. The van der Waals surface area contributed by atoms with Crippen LogP contribution < -0.4 is 24.3 Å². The van der Waals surface area contributed by atoms with Crippen LogP contribution in [-0.2, 0) is 7.05 Å². The highest BCUT2D eigenvalue weighted by atomic mass is 16.5. The molecule has 0 atom stereocenters. The zero-order valence-electron chi connectivity index (χ0n) is 21.9. The third kappa shape index (κ3) is 5.15. The lowest BCUT2D eigenvalue weighted by Crippen LogP contribution is -1.98. The number of nitrogens with one attached hydrogen (secondary N) is 1.